The number of halogens is 1. The molecule has 8 heteroatoms. The van der Waals surface area contributed by atoms with Crippen molar-refractivity contribution >= 4 is 29.8 Å². The predicted molar refractivity (Wildman–Crippen MR) is 117 cm³/mol. The molecule has 3 aliphatic heterocycles. The van der Waals surface area contributed by atoms with E-state index in [0.717, 1.165) is 38.6 Å². The molecular formula is C21H28ClN5O2. The molecule has 0 N–H and O–H groups in total. The summed E-state index contributed by atoms with van der Waals surface area (Å²) in [5, 5.41) is 0. The number of rotatable bonds is 6. The zero-order valence-corrected chi connectivity index (χ0v) is 17.8. The Hall–Kier alpha value is -2.38. The molecule has 0 aliphatic carbocycles. The first-order chi connectivity index (χ1) is 14.0. The molecule has 0 aromatic carbocycles. The van der Waals surface area contributed by atoms with Crippen LogP contribution in [-0.4, -0.2) is 78.8 Å². The quantitative estimate of drug-likeness (QED) is 0.623. The number of likely N-dealkylation sites (tertiary alicyclic amines) is 2. The van der Waals surface area contributed by atoms with Gasteiger partial charge in [0.2, 0.25) is 5.96 Å². The molecule has 0 aromatic rings. The number of guanidine groups is 1. The van der Waals surface area contributed by atoms with Crippen molar-refractivity contribution in [3.05, 3.63) is 48.3 Å². The largest absolute Gasteiger partial charge is 0.370 e. The number of amides is 2. The Balaban J connectivity index is 1.55. The lowest BCUT2D eigenvalue weighted by Crippen LogP contribution is -2.74. The zero-order valence-electron chi connectivity index (χ0n) is 17.0. The van der Waals surface area contributed by atoms with E-state index in [0.29, 0.717) is 12.3 Å². The van der Waals surface area contributed by atoms with Gasteiger partial charge in [-0.15, -0.1) is 0 Å². The Morgan fingerprint density at radius 2 is 2.21 bits per heavy atom. The molecule has 1 spiro atoms. The van der Waals surface area contributed by atoms with Crippen LogP contribution in [0, 0.1) is 5.41 Å². The third-order valence-electron chi connectivity index (χ3n) is 5.24. The Morgan fingerprint density at radius 3 is 2.86 bits per heavy atom. The van der Waals surface area contributed by atoms with Crippen molar-refractivity contribution in [1.82, 2.24) is 14.7 Å². The molecule has 2 fully saturated rings. The van der Waals surface area contributed by atoms with E-state index < -0.39 is 0 Å². The van der Waals surface area contributed by atoms with Crippen LogP contribution in [0.4, 0.5) is 4.79 Å². The fourth-order valence-corrected chi connectivity index (χ4v) is 3.95. The van der Waals surface area contributed by atoms with Crippen molar-refractivity contribution in [2.75, 3.05) is 39.8 Å². The van der Waals surface area contributed by atoms with Crippen LogP contribution in [0.5, 0.6) is 0 Å². The van der Waals surface area contributed by atoms with Gasteiger partial charge in [-0.25, -0.2) is 14.8 Å². The molecule has 156 valence electrons. The Morgan fingerprint density at radius 1 is 1.45 bits per heavy atom. The maximum atomic E-state index is 12.9. The number of carbonyl (C=O) groups is 1. The zero-order chi connectivity index (χ0) is 20.9. The van der Waals surface area contributed by atoms with E-state index in [1.807, 2.05) is 30.2 Å². The van der Waals surface area contributed by atoms with Crippen LogP contribution >= 0.6 is 11.6 Å². The lowest BCUT2D eigenvalue weighted by atomic mass is 9.73. The van der Waals surface area contributed by atoms with Crippen molar-refractivity contribution in [3.8, 4) is 0 Å². The van der Waals surface area contributed by atoms with Crippen molar-refractivity contribution in [2.45, 2.75) is 19.4 Å². The summed E-state index contributed by atoms with van der Waals surface area (Å²) in [5.74, 6) is 0.762. The predicted octanol–water partition coefficient (Wildman–Crippen LogP) is 3.23. The maximum absolute atomic E-state index is 12.9. The Bertz CT molecular complexity index is 772. The monoisotopic (exact) mass is 417 g/mol. The van der Waals surface area contributed by atoms with Gasteiger partial charge in [0, 0.05) is 75.3 Å². The second kappa shape index (κ2) is 9.41. The molecule has 1 atom stereocenters. The average molecular weight is 418 g/mol. The van der Waals surface area contributed by atoms with Crippen LogP contribution in [-0.2, 0) is 4.74 Å². The topological polar surface area (TPSA) is 60.7 Å². The number of aliphatic imine (C=N–C) groups is 2. The van der Waals surface area contributed by atoms with Crippen molar-refractivity contribution in [2.24, 2.45) is 15.4 Å². The number of allylic oxidation sites excluding steroid dienone is 2. The highest BCUT2D eigenvalue weighted by molar-refractivity contribution is 6.25. The maximum Gasteiger partial charge on any atom is 0.324 e. The van der Waals surface area contributed by atoms with E-state index >= 15 is 0 Å². The van der Waals surface area contributed by atoms with E-state index in [2.05, 4.69) is 21.5 Å². The third-order valence-corrected chi connectivity index (χ3v) is 5.39. The molecule has 3 rings (SSSR count). The van der Waals surface area contributed by atoms with Crippen LogP contribution in [0.3, 0.4) is 0 Å². The van der Waals surface area contributed by atoms with Gasteiger partial charge < -0.3 is 14.5 Å². The summed E-state index contributed by atoms with van der Waals surface area (Å²) in [6.45, 7) is 9.51. The van der Waals surface area contributed by atoms with Crippen LogP contribution in [0.25, 0.3) is 0 Å². The lowest BCUT2D eigenvalue weighted by molar-refractivity contribution is -0.0674. The molecule has 3 aliphatic rings. The SMILES string of the molecule is C=CC(=CC(/C=C/Cl)OCC)N(C)C(=O)N1CC2(C1)CN(C1=NC=CCC=N1)C2. The minimum atomic E-state index is -0.307. The van der Waals surface area contributed by atoms with E-state index in [-0.39, 0.29) is 17.6 Å². The molecular weight excluding hydrogens is 390 g/mol. The highest BCUT2D eigenvalue weighted by Crippen LogP contribution is 2.40. The summed E-state index contributed by atoms with van der Waals surface area (Å²) >= 11 is 5.68. The Kier molecular flexibility index (Phi) is 6.92. The summed E-state index contributed by atoms with van der Waals surface area (Å²) in [7, 11) is 1.75. The summed E-state index contributed by atoms with van der Waals surface area (Å²) < 4.78 is 5.60. The fourth-order valence-electron chi connectivity index (χ4n) is 3.81. The summed E-state index contributed by atoms with van der Waals surface area (Å²) in [5.41, 5.74) is 2.25. The normalized spacial score (nSPS) is 21.5. The van der Waals surface area contributed by atoms with E-state index in [1.54, 1.807) is 30.3 Å². The van der Waals surface area contributed by atoms with Crippen LogP contribution in [0.1, 0.15) is 13.3 Å². The summed E-state index contributed by atoms with van der Waals surface area (Å²) in [6.07, 6.45) is 11.4. The van der Waals surface area contributed by atoms with Crippen LogP contribution in [0.15, 0.2) is 58.3 Å². The standard InChI is InChI=1S/C21H28ClN5O2/c1-4-17(12-18(8-9-22)29-5-2)25(3)20(28)27-15-21(16-27)13-26(14-21)19-23-10-6-7-11-24-19/h4,6,8-12,18H,1,5,7,13-16H2,2-3H3/b9-8+,17-12?. The molecule has 0 radical (unpaired) electrons. The number of ether oxygens (including phenoxy) is 1. The van der Waals surface area contributed by atoms with Crippen molar-refractivity contribution < 1.29 is 9.53 Å². The van der Waals surface area contributed by atoms with Gasteiger partial charge in [-0.05, 0) is 25.2 Å². The first-order valence-electron chi connectivity index (χ1n) is 9.77. The molecule has 2 amide bonds. The number of likely N-dealkylation sites (N-methyl/N-ethyl adjacent to an activating group) is 1. The molecule has 0 bridgehead atoms. The number of nitrogens with zero attached hydrogens (tertiary/aromatic N) is 5. The fraction of sp³-hybridized carbons (Fsp3) is 0.476. The van der Waals surface area contributed by atoms with E-state index in [9.17, 15) is 4.79 Å². The minimum absolute atomic E-state index is 0.0434. The summed E-state index contributed by atoms with van der Waals surface area (Å²) in [4.78, 5) is 27.3. The van der Waals surface area contributed by atoms with E-state index in [4.69, 9.17) is 16.3 Å². The van der Waals surface area contributed by atoms with Crippen LogP contribution in [0.2, 0.25) is 0 Å². The third kappa shape index (κ3) is 4.79. The van der Waals surface area contributed by atoms with Gasteiger partial charge >= 0.3 is 6.03 Å². The second-order valence-electron chi connectivity index (χ2n) is 7.45. The van der Waals surface area contributed by atoms with Gasteiger partial charge in [0.1, 0.15) is 0 Å². The number of carbonyl (C=O) groups excluding carboxylic acids is 1. The van der Waals surface area contributed by atoms with Gasteiger partial charge in [-0.3, -0.25) is 4.90 Å². The average Bonchev–Trinajstić information content (AvgIpc) is 2.92. The van der Waals surface area contributed by atoms with Gasteiger partial charge in [-0.2, -0.15) is 0 Å². The van der Waals surface area contributed by atoms with E-state index in [1.165, 1.54) is 5.54 Å². The first kappa shape index (κ1) is 21.3. The van der Waals surface area contributed by atoms with Gasteiger partial charge in [0.05, 0.1) is 6.10 Å². The Labute approximate surface area is 177 Å². The molecule has 2 saturated heterocycles. The molecule has 3 heterocycles. The van der Waals surface area contributed by atoms with Crippen LogP contribution < -0.4 is 0 Å². The van der Waals surface area contributed by atoms with Gasteiger partial charge in [0.25, 0.3) is 0 Å². The molecule has 1 unspecified atom stereocenters. The summed E-state index contributed by atoms with van der Waals surface area (Å²) in [6, 6.07) is -0.0434. The minimum Gasteiger partial charge on any atom is -0.370 e. The smallest absolute Gasteiger partial charge is 0.324 e. The molecule has 29 heavy (non-hydrogen) atoms. The number of hydrogen-bond acceptors (Lipinski definition) is 5. The van der Waals surface area contributed by atoms with Gasteiger partial charge in [0.15, 0.2) is 0 Å². The van der Waals surface area contributed by atoms with Gasteiger partial charge in [-0.1, -0.05) is 24.3 Å². The highest BCUT2D eigenvalue weighted by Gasteiger charge is 2.54. The number of urea groups is 1. The molecule has 7 nitrogen and oxygen atoms in total. The van der Waals surface area contributed by atoms with Crippen molar-refractivity contribution in [3.63, 3.8) is 0 Å². The molecule has 0 saturated carbocycles. The van der Waals surface area contributed by atoms with Crippen molar-refractivity contribution in [1.29, 1.82) is 0 Å². The number of hydrogen-bond donors (Lipinski definition) is 0. The highest BCUT2D eigenvalue weighted by atomic mass is 35.5. The lowest BCUT2D eigenvalue weighted by Gasteiger charge is -2.60. The molecule has 0 aromatic heterocycles. The second-order valence-corrected chi connectivity index (χ2v) is 7.70. The first-order valence-corrected chi connectivity index (χ1v) is 10.2.